The first-order valence-electron chi connectivity index (χ1n) is 11.8. The first-order valence-corrected chi connectivity index (χ1v) is 14.0. The third kappa shape index (κ3) is 6.77. The highest BCUT2D eigenvalue weighted by Crippen LogP contribution is 2.29. The predicted molar refractivity (Wildman–Crippen MR) is 145 cm³/mol. The second kappa shape index (κ2) is 11.8. The third-order valence-electron chi connectivity index (χ3n) is 5.80. The molecule has 0 aliphatic heterocycles. The number of amides is 2. The average Bonchev–Trinajstić information content (AvgIpc) is 2.82. The van der Waals surface area contributed by atoms with E-state index in [1.54, 1.807) is 36.4 Å². The van der Waals surface area contributed by atoms with Crippen LogP contribution >= 0.6 is 11.6 Å². The molecule has 0 aliphatic rings. The molecular weight excluding hydrogens is 498 g/mol. The molecule has 1 N–H and O–H groups in total. The molecule has 0 saturated carbocycles. The highest BCUT2D eigenvalue weighted by Gasteiger charge is 2.32. The molecule has 7 nitrogen and oxygen atoms in total. The van der Waals surface area contributed by atoms with Gasteiger partial charge < -0.3 is 10.2 Å². The number of sulfonamides is 1. The molecule has 0 unspecified atom stereocenters. The number of nitrogens with zero attached hydrogens (tertiary/aromatic N) is 2. The second-order valence-corrected chi connectivity index (χ2v) is 11.3. The quantitative estimate of drug-likeness (QED) is 0.416. The zero-order valence-electron chi connectivity index (χ0n) is 20.9. The summed E-state index contributed by atoms with van der Waals surface area (Å²) in [5.74, 6) is -0.764. The van der Waals surface area contributed by atoms with Crippen LogP contribution in [0, 0.1) is 0 Å². The highest BCUT2D eigenvalue weighted by atomic mass is 35.5. The van der Waals surface area contributed by atoms with Crippen LogP contribution in [0.4, 0.5) is 5.69 Å². The zero-order valence-corrected chi connectivity index (χ0v) is 22.5. The summed E-state index contributed by atoms with van der Waals surface area (Å²) in [6, 6.07) is 18.9. The van der Waals surface area contributed by atoms with Gasteiger partial charge in [0.05, 0.1) is 11.9 Å². The second-order valence-electron chi connectivity index (χ2n) is 9.00. The van der Waals surface area contributed by atoms with Crippen molar-refractivity contribution in [1.29, 1.82) is 0 Å². The number of halogens is 1. The van der Waals surface area contributed by atoms with Crippen molar-refractivity contribution < 1.29 is 18.0 Å². The highest BCUT2D eigenvalue weighted by molar-refractivity contribution is 7.92. The average molecular weight is 530 g/mol. The van der Waals surface area contributed by atoms with Crippen LogP contribution in [0.15, 0.2) is 66.7 Å². The van der Waals surface area contributed by atoms with E-state index >= 15 is 0 Å². The van der Waals surface area contributed by atoms with Gasteiger partial charge in [-0.3, -0.25) is 13.9 Å². The third-order valence-corrected chi connectivity index (χ3v) is 7.18. The molecule has 0 bridgehead atoms. The number of hydrogen-bond donors (Lipinski definition) is 1. The van der Waals surface area contributed by atoms with Gasteiger partial charge in [0.15, 0.2) is 0 Å². The number of anilines is 1. The number of nitrogens with one attached hydrogen (secondary N) is 1. The number of rotatable bonds is 10. The van der Waals surface area contributed by atoms with Gasteiger partial charge in [-0.25, -0.2) is 8.42 Å². The van der Waals surface area contributed by atoms with Gasteiger partial charge >= 0.3 is 0 Å². The van der Waals surface area contributed by atoms with E-state index in [0.717, 1.165) is 21.5 Å². The number of carbonyl (C=O) groups excluding carboxylic acids is 2. The molecular formula is C27H32ClN3O4S. The van der Waals surface area contributed by atoms with Crippen LogP contribution in [-0.2, 0) is 26.2 Å². The van der Waals surface area contributed by atoms with Crippen molar-refractivity contribution >= 4 is 49.9 Å². The molecule has 0 radical (unpaired) electrons. The van der Waals surface area contributed by atoms with Crippen molar-refractivity contribution in [3.63, 3.8) is 0 Å². The fourth-order valence-corrected chi connectivity index (χ4v) is 5.09. The molecule has 0 aliphatic carbocycles. The van der Waals surface area contributed by atoms with E-state index < -0.39 is 28.5 Å². The fraction of sp³-hybridized carbons (Fsp3) is 0.333. The van der Waals surface area contributed by atoms with Crippen LogP contribution in [0.2, 0.25) is 5.02 Å². The Kier molecular flexibility index (Phi) is 8.98. The molecule has 192 valence electrons. The Morgan fingerprint density at radius 3 is 2.22 bits per heavy atom. The molecule has 0 spiro atoms. The van der Waals surface area contributed by atoms with Gasteiger partial charge in [-0.15, -0.1) is 0 Å². The minimum atomic E-state index is -3.82. The van der Waals surface area contributed by atoms with Crippen molar-refractivity contribution in [3.05, 3.63) is 77.3 Å². The van der Waals surface area contributed by atoms with E-state index in [0.29, 0.717) is 22.5 Å². The van der Waals surface area contributed by atoms with E-state index in [9.17, 15) is 18.0 Å². The normalized spacial score (nSPS) is 12.4. The van der Waals surface area contributed by atoms with Crippen LogP contribution in [0.25, 0.3) is 10.8 Å². The molecule has 9 heteroatoms. The molecule has 0 aromatic heterocycles. The van der Waals surface area contributed by atoms with Gasteiger partial charge in [0.25, 0.3) is 0 Å². The van der Waals surface area contributed by atoms with Gasteiger partial charge in [-0.05, 0) is 49.4 Å². The lowest BCUT2D eigenvalue weighted by Crippen LogP contribution is -2.53. The Morgan fingerprint density at radius 1 is 0.972 bits per heavy atom. The van der Waals surface area contributed by atoms with Gasteiger partial charge in [0, 0.05) is 23.0 Å². The standard InChI is InChI=1S/C27H32ClN3O4S/c1-5-24(27(33)29-19(2)3)30(17-20-13-15-22(28)16-14-20)26(32)18-31(36(4,34)35)25-12-8-10-21-9-6-7-11-23(21)25/h6-16,19,24H,5,17-18H2,1-4H3,(H,29,33)/t24-/m1/s1. The molecule has 3 aromatic rings. The molecule has 36 heavy (non-hydrogen) atoms. The predicted octanol–water partition coefficient (Wildman–Crippen LogP) is 4.59. The number of carbonyl (C=O) groups is 2. The van der Waals surface area contributed by atoms with Crippen molar-refractivity contribution in [2.45, 2.75) is 45.8 Å². The van der Waals surface area contributed by atoms with Crippen molar-refractivity contribution in [1.82, 2.24) is 10.2 Å². The minimum Gasteiger partial charge on any atom is -0.352 e. The zero-order chi connectivity index (χ0) is 26.5. The molecule has 0 heterocycles. The Labute approximate surface area is 218 Å². The van der Waals surface area contributed by atoms with Crippen molar-refractivity contribution in [2.75, 3.05) is 17.1 Å². The number of hydrogen-bond acceptors (Lipinski definition) is 4. The van der Waals surface area contributed by atoms with Crippen LogP contribution in [-0.4, -0.2) is 50.0 Å². The molecule has 1 atom stereocenters. The van der Waals surface area contributed by atoms with Gasteiger partial charge in [0.2, 0.25) is 21.8 Å². The lowest BCUT2D eigenvalue weighted by atomic mass is 10.1. The Bertz CT molecular complexity index is 1320. The van der Waals surface area contributed by atoms with Crippen molar-refractivity contribution in [2.24, 2.45) is 0 Å². The minimum absolute atomic E-state index is 0.109. The van der Waals surface area contributed by atoms with E-state index in [1.165, 1.54) is 4.90 Å². The molecule has 3 rings (SSSR count). The largest absolute Gasteiger partial charge is 0.352 e. The molecule has 2 amide bonds. The fourth-order valence-electron chi connectivity index (χ4n) is 4.11. The van der Waals surface area contributed by atoms with Crippen LogP contribution in [0.5, 0.6) is 0 Å². The lowest BCUT2D eigenvalue weighted by molar-refractivity contribution is -0.140. The van der Waals surface area contributed by atoms with E-state index in [-0.39, 0.29) is 18.5 Å². The summed E-state index contributed by atoms with van der Waals surface area (Å²) in [5, 5.41) is 5.01. The SMILES string of the molecule is CC[C@H](C(=O)NC(C)C)N(Cc1ccc(Cl)cc1)C(=O)CN(c1cccc2ccccc12)S(C)(=O)=O. The van der Waals surface area contributed by atoms with Crippen LogP contribution in [0.1, 0.15) is 32.8 Å². The summed E-state index contributed by atoms with van der Waals surface area (Å²) in [4.78, 5) is 28.3. The molecule has 0 fully saturated rings. The Morgan fingerprint density at radius 2 is 1.61 bits per heavy atom. The van der Waals surface area contributed by atoms with Crippen molar-refractivity contribution in [3.8, 4) is 0 Å². The topological polar surface area (TPSA) is 86.8 Å². The summed E-state index contributed by atoms with van der Waals surface area (Å²) in [6.45, 7) is 5.22. The number of fused-ring (bicyclic) bond motifs is 1. The van der Waals surface area contributed by atoms with Gasteiger partial charge in [0.1, 0.15) is 12.6 Å². The maximum Gasteiger partial charge on any atom is 0.244 e. The summed E-state index contributed by atoms with van der Waals surface area (Å²) >= 11 is 6.02. The first kappa shape index (κ1) is 27.5. The smallest absolute Gasteiger partial charge is 0.244 e. The maximum atomic E-state index is 13.8. The Hall–Kier alpha value is -3.10. The van der Waals surface area contributed by atoms with E-state index in [2.05, 4.69) is 5.32 Å². The molecule has 0 saturated heterocycles. The monoisotopic (exact) mass is 529 g/mol. The van der Waals surface area contributed by atoms with E-state index in [4.69, 9.17) is 11.6 Å². The number of benzene rings is 3. The maximum absolute atomic E-state index is 13.8. The van der Waals surface area contributed by atoms with Gasteiger partial charge in [-0.2, -0.15) is 0 Å². The van der Waals surface area contributed by atoms with E-state index in [1.807, 2.05) is 51.1 Å². The summed E-state index contributed by atoms with van der Waals surface area (Å²) < 4.78 is 26.9. The Balaban J connectivity index is 2.02. The molecule has 3 aromatic carbocycles. The van der Waals surface area contributed by atoms with Crippen LogP contribution < -0.4 is 9.62 Å². The van der Waals surface area contributed by atoms with Crippen LogP contribution in [0.3, 0.4) is 0 Å². The summed E-state index contributed by atoms with van der Waals surface area (Å²) in [5.41, 5.74) is 1.19. The van der Waals surface area contributed by atoms with Gasteiger partial charge in [-0.1, -0.05) is 67.1 Å². The first-order chi connectivity index (χ1) is 17.0. The lowest BCUT2D eigenvalue weighted by Gasteiger charge is -2.33. The summed E-state index contributed by atoms with van der Waals surface area (Å²) in [7, 11) is -3.82. The summed E-state index contributed by atoms with van der Waals surface area (Å²) in [6.07, 6.45) is 1.44.